The zero-order valence-electron chi connectivity index (χ0n) is 16.3. The van der Waals surface area contributed by atoms with Crippen LogP contribution < -0.4 is 16.0 Å². The van der Waals surface area contributed by atoms with E-state index < -0.39 is 11.7 Å². The van der Waals surface area contributed by atoms with E-state index in [1.54, 1.807) is 18.2 Å². The summed E-state index contributed by atoms with van der Waals surface area (Å²) in [6.45, 7) is 2.58. The Hall–Kier alpha value is -2.77. The largest absolute Gasteiger partial charge is 0.362 e. The van der Waals surface area contributed by atoms with Crippen molar-refractivity contribution < 1.29 is 9.18 Å². The maximum atomic E-state index is 13.8. The highest BCUT2D eigenvalue weighted by Gasteiger charge is 2.12. The van der Waals surface area contributed by atoms with Gasteiger partial charge in [0, 0.05) is 22.4 Å². The SMILES string of the molecule is Cc1cc(NC(=S)NCCc2ccc(Br)cc2)ccc1NC(=O)c1ccccc1F. The zero-order chi connectivity index (χ0) is 21.5. The van der Waals surface area contributed by atoms with E-state index >= 15 is 0 Å². The number of halogens is 2. The summed E-state index contributed by atoms with van der Waals surface area (Å²) in [5.74, 6) is -1.03. The van der Waals surface area contributed by atoms with Crippen molar-refractivity contribution in [1.82, 2.24) is 5.32 Å². The minimum absolute atomic E-state index is 0.00949. The Labute approximate surface area is 189 Å². The van der Waals surface area contributed by atoms with Gasteiger partial charge in [-0.1, -0.05) is 40.2 Å². The van der Waals surface area contributed by atoms with Crippen molar-refractivity contribution in [2.75, 3.05) is 17.2 Å². The molecule has 154 valence electrons. The van der Waals surface area contributed by atoms with Crippen molar-refractivity contribution in [3.05, 3.63) is 93.7 Å². The van der Waals surface area contributed by atoms with E-state index in [9.17, 15) is 9.18 Å². The summed E-state index contributed by atoms with van der Waals surface area (Å²) in [6.07, 6.45) is 0.856. The highest BCUT2D eigenvalue weighted by atomic mass is 79.9. The molecule has 0 aliphatic heterocycles. The van der Waals surface area contributed by atoms with Crippen molar-refractivity contribution in [2.45, 2.75) is 13.3 Å². The Bertz CT molecular complexity index is 1060. The topological polar surface area (TPSA) is 53.2 Å². The van der Waals surface area contributed by atoms with Crippen LogP contribution in [-0.2, 0) is 6.42 Å². The summed E-state index contributed by atoms with van der Waals surface area (Å²) >= 11 is 8.78. The normalized spacial score (nSPS) is 10.4. The first-order valence-corrected chi connectivity index (χ1v) is 10.6. The van der Waals surface area contributed by atoms with Gasteiger partial charge in [-0.05, 0) is 79.2 Å². The van der Waals surface area contributed by atoms with Crippen molar-refractivity contribution in [1.29, 1.82) is 0 Å². The van der Waals surface area contributed by atoms with Crippen LogP contribution in [0.2, 0.25) is 0 Å². The molecule has 3 rings (SSSR count). The maximum absolute atomic E-state index is 13.8. The molecule has 0 fully saturated rings. The fraction of sp³-hybridized carbons (Fsp3) is 0.130. The molecule has 30 heavy (non-hydrogen) atoms. The van der Waals surface area contributed by atoms with E-state index in [-0.39, 0.29) is 5.56 Å². The number of aryl methyl sites for hydroxylation is 1. The Morgan fingerprint density at radius 1 is 1.03 bits per heavy atom. The van der Waals surface area contributed by atoms with Crippen LogP contribution in [0.1, 0.15) is 21.5 Å². The van der Waals surface area contributed by atoms with E-state index in [0.717, 1.165) is 22.1 Å². The molecule has 4 nitrogen and oxygen atoms in total. The molecule has 0 spiro atoms. The third-order valence-corrected chi connectivity index (χ3v) is 5.24. The van der Waals surface area contributed by atoms with Gasteiger partial charge >= 0.3 is 0 Å². The number of amides is 1. The quantitative estimate of drug-likeness (QED) is 0.393. The minimum atomic E-state index is -0.550. The lowest BCUT2D eigenvalue weighted by Gasteiger charge is -2.14. The number of nitrogens with one attached hydrogen (secondary N) is 3. The summed E-state index contributed by atoms with van der Waals surface area (Å²) in [4.78, 5) is 12.3. The highest BCUT2D eigenvalue weighted by Crippen LogP contribution is 2.21. The second-order valence-corrected chi connectivity index (χ2v) is 8.04. The summed E-state index contributed by atoms with van der Waals surface area (Å²) in [7, 11) is 0. The molecule has 1 amide bonds. The standard InChI is InChI=1S/C23H21BrFN3OS/c1-15-14-18(27-23(30)26-13-12-16-6-8-17(24)9-7-16)10-11-21(15)28-22(29)19-4-2-3-5-20(19)25/h2-11,14H,12-13H2,1H3,(H,28,29)(H2,26,27,30). The first kappa shape index (κ1) is 21.9. The van der Waals surface area contributed by atoms with E-state index in [1.807, 2.05) is 31.2 Å². The van der Waals surface area contributed by atoms with Gasteiger partial charge in [-0.2, -0.15) is 0 Å². The molecule has 0 aliphatic carbocycles. The second kappa shape index (κ2) is 10.3. The molecular formula is C23H21BrFN3OS. The first-order chi connectivity index (χ1) is 14.4. The van der Waals surface area contributed by atoms with Crippen LogP contribution in [0.15, 0.2) is 71.2 Å². The predicted molar refractivity (Wildman–Crippen MR) is 128 cm³/mol. The number of carbonyl (C=O) groups is 1. The fourth-order valence-corrected chi connectivity index (χ4v) is 3.35. The van der Waals surface area contributed by atoms with E-state index in [0.29, 0.717) is 17.3 Å². The summed E-state index contributed by atoms with van der Waals surface area (Å²) in [5, 5.41) is 9.59. The summed E-state index contributed by atoms with van der Waals surface area (Å²) in [6, 6.07) is 19.5. The number of hydrogen-bond acceptors (Lipinski definition) is 2. The van der Waals surface area contributed by atoms with Crippen LogP contribution in [0.4, 0.5) is 15.8 Å². The molecule has 7 heteroatoms. The van der Waals surface area contributed by atoms with Crippen molar-refractivity contribution in [3.63, 3.8) is 0 Å². The molecule has 0 atom stereocenters. The second-order valence-electron chi connectivity index (χ2n) is 6.72. The number of carbonyl (C=O) groups excluding carboxylic acids is 1. The van der Waals surface area contributed by atoms with Crippen molar-refractivity contribution in [2.24, 2.45) is 0 Å². The lowest BCUT2D eigenvalue weighted by atomic mass is 10.1. The number of rotatable bonds is 6. The van der Waals surface area contributed by atoms with Crippen LogP contribution in [0.25, 0.3) is 0 Å². The average molecular weight is 486 g/mol. The molecule has 0 aliphatic rings. The fourth-order valence-electron chi connectivity index (χ4n) is 2.86. The molecule has 3 aromatic carbocycles. The molecule has 0 saturated carbocycles. The molecule has 0 saturated heterocycles. The smallest absolute Gasteiger partial charge is 0.258 e. The molecule has 3 aromatic rings. The number of benzene rings is 3. The van der Waals surface area contributed by atoms with Gasteiger partial charge in [-0.3, -0.25) is 4.79 Å². The van der Waals surface area contributed by atoms with Crippen LogP contribution in [0.3, 0.4) is 0 Å². The van der Waals surface area contributed by atoms with E-state index in [4.69, 9.17) is 12.2 Å². The van der Waals surface area contributed by atoms with Gasteiger partial charge in [-0.25, -0.2) is 4.39 Å². The average Bonchev–Trinajstić information content (AvgIpc) is 2.72. The molecule has 0 bridgehead atoms. The highest BCUT2D eigenvalue weighted by molar-refractivity contribution is 9.10. The van der Waals surface area contributed by atoms with Gasteiger partial charge < -0.3 is 16.0 Å². The van der Waals surface area contributed by atoms with Crippen LogP contribution in [0.5, 0.6) is 0 Å². The Morgan fingerprint density at radius 2 is 1.77 bits per heavy atom. The molecule has 0 radical (unpaired) electrons. The maximum Gasteiger partial charge on any atom is 0.258 e. The van der Waals surface area contributed by atoms with Crippen molar-refractivity contribution >= 4 is 50.5 Å². The summed E-state index contributed by atoms with van der Waals surface area (Å²) < 4.78 is 14.8. The van der Waals surface area contributed by atoms with Gasteiger partial charge in [0.05, 0.1) is 5.56 Å². The van der Waals surface area contributed by atoms with Gasteiger partial charge in [-0.15, -0.1) is 0 Å². The van der Waals surface area contributed by atoms with Gasteiger partial charge in [0.1, 0.15) is 5.82 Å². The lowest BCUT2D eigenvalue weighted by Crippen LogP contribution is -2.30. The van der Waals surface area contributed by atoms with E-state index in [2.05, 4.69) is 44.0 Å². The number of thiocarbonyl (C=S) groups is 1. The number of hydrogen-bond donors (Lipinski definition) is 3. The monoisotopic (exact) mass is 485 g/mol. The van der Waals surface area contributed by atoms with Crippen LogP contribution >= 0.6 is 28.1 Å². The molecule has 3 N–H and O–H groups in total. The number of anilines is 2. The predicted octanol–water partition coefficient (Wildman–Crippen LogP) is 5.68. The third-order valence-electron chi connectivity index (χ3n) is 4.46. The van der Waals surface area contributed by atoms with Gasteiger partial charge in [0.15, 0.2) is 5.11 Å². The third kappa shape index (κ3) is 6.11. The van der Waals surface area contributed by atoms with E-state index in [1.165, 1.54) is 17.7 Å². The van der Waals surface area contributed by atoms with Crippen LogP contribution in [-0.4, -0.2) is 17.6 Å². The molecule has 0 aromatic heterocycles. The van der Waals surface area contributed by atoms with Crippen LogP contribution in [0, 0.1) is 12.7 Å². The van der Waals surface area contributed by atoms with Gasteiger partial charge in [0.25, 0.3) is 5.91 Å². The first-order valence-electron chi connectivity index (χ1n) is 9.38. The lowest BCUT2D eigenvalue weighted by molar-refractivity contribution is 0.102. The Morgan fingerprint density at radius 3 is 2.47 bits per heavy atom. The molecule has 0 heterocycles. The Balaban J connectivity index is 1.53. The van der Waals surface area contributed by atoms with Gasteiger partial charge in [0.2, 0.25) is 0 Å². The Kier molecular flexibility index (Phi) is 7.54. The van der Waals surface area contributed by atoms with Crippen molar-refractivity contribution in [3.8, 4) is 0 Å². The summed E-state index contributed by atoms with van der Waals surface area (Å²) in [5.41, 5.74) is 3.48. The molecular weight excluding hydrogens is 465 g/mol. The zero-order valence-corrected chi connectivity index (χ0v) is 18.7. The molecule has 0 unspecified atom stereocenters. The minimum Gasteiger partial charge on any atom is -0.362 e.